The zero-order valence-corrected chi connectivity index (χ0v) is 12.6. The van der Waals surface area contributed by atoms with Crippen LogP contribution in [0.3, 0.4) is 0 Å². The summed E-state index contributed by atoms with van der Waals surface area (Å²) >= 11 is -1.75. The SMILES string of the molecule is O=[N+]([O-])[O-].O=[N+]([O-])[O-].O=[N+]([O-])[O-].[Cl][Ru]([Cl])[Cl].[Ru+3]. The van der Waals surface area contributed by atoms with Crippen LogP contribution in [0.25, 0.3) is 0 Å². The van der Waals surface area contributed by atoms with Gasteiger partial charge in [0.05, 0.1) is 15.3 Å². The first kappa shape index (κ1) is 30.1. The van der Waals surface area contributed by atoms with E-state index in [9.17, 15) is 0 Å². The molecule has 0 aromatic rings. The minimum atomic E-state index is -1.75. The van der Waals surface area contributed by atoms with Crippen LogP contribution < -0.4 is 0 Å². The fourth-order valence-electron chi connectivity index (χ4n) is 0. The van der Waals surface area contributed by atoms with Crippen molar-refractivity contribution >= 4 is 29.1 Å². The quantitative estimate of drug-likeness (QED) is 0.271. The van der Waals surface area contributed by atoms with E-state index in [2.05, 4.69) is 0 Å². The van der Waals surface area contributed by atoms with Gasteiger partial charge < -0.3 is 46.0 Å². The monoisotopic (exact) mass is 495 g/mol. The number of nitrogens with zero attached hydrogens (tertiary/aromatic N) is 3. The van der Waals surface area contributed by atoms with Crippen LogP contribution >= 0.6 is 29.1 Å². The largest absolute Gasteiger partial charge is 3.00 e. The fourth-order valence-corrected chi connectivity index (χ4v) is 0. The van der Waals surface area contributed by atoms with E-state index in [1.807, 2.05) is 0 Å². The van der Waals surface area contributed by atoms with E-state index < -0.39 is 28.2 Å². The van der Waals surface area contributed by atoms with E-state index in [1.165, 1.54) is 0 Å². The van der Waals surface area contributed by atoms with Gasteiger partial charge in [0.25, 0.3) is 0 Å². The van der Waals surface area contributed by atoms with Crippen LogP contribution in [0.15, 0.2) is 0 Å². The van der Waals surface area contributed by atoms with Gasteiger partial charge in [0.1, 0.15) is 0 Å². The summed E-state index contributed by atoms with van der Waals surface area (Å²) in [5.74, 6) is 0. The molecule has 0 atom stereocenters. The zero-order valence-electron chi connectivity index (χ0n) is 6.86. The van der Waals surface area contributed by atoms with Gasteiger partial charge in [0.15, 0.2) is 0 Å². The molecule has 0 heterocycles. The fraction of sp³-hybridized carbons (Fsp3) is 0. The Morgan fingerprint density at radius 3 is 0.647 bits per heavy atom. The molecule has 0 N–H and O–H groups in total. The average molecular weight is 495 g/mol. The van der Waals surface area contributed by atoms with Crippen LogP contribution in [-0.4, -0.2) is 15.3 Å². The Morgan fingerprint density at radius 2 is 0.647 bits per heavy atom. The standard InChI is InChI=1S/3ClH.3NO3.2Ru/c;;;3*2-1(3)4;;/h3*1H;;;;;/q;;;3*-1;2*+3/p-3. The molecule has 0 rings (SSSR count). The second kappa shape index (κ2) is 24.8. The van der Waals surface area contributed by atoms with Crippen molar-refractivity contribution in [2.45, 2.75) is 0 Å². The van der Waals surface area contributed by atoms with Crippen LogP contribution in [0.5, 0.6) is 0 Å². The third-order valence-corrected chi connectivity index (χ3v) is 0. The Kier molecular flexibility index (Phi) is 43.9. The van der Waals surface area contributed by atoms with E-state index in [0.717, 1.165) is 0 Å². The molecule has 106 valence electrons. The van der Waals surface area contributed by atoms with E-state index in [1.54, 1.807) is 0 Å². The predicted octanol–water partition coefficient (Wildman–Crippen LogP) is 1.35. The number of hydrogen-bond acceptors (Lipinski definition) is 9. The topological polar surface area (TPSA) is 199 Å². The van der Waals surface area contributed by atoms with E-state index >= 15 is 0 Å². The number of rotatable bonds is 0. The molecular weight excluding hydrogens is 495 g/mol. The maximum atomic E-state index is 8.25. The van der Waals surface area contributed by atoms with Crippen molar-refractivity contribution < 1.29 is 47.7 Å². The molecule has 0 amide bonds. The summed E-state index contributed by atoms with van der Waals surface area (Å²) in [5, 5.41) is 44.2. The molecule has 0 saturated carbocycles. The minimum absolute atomic E-state index is 0. The van der Waals surface area contributed by atoms with Crippen LogP contribution in [-0.2, 0) is 32.5 Å². The first-order valence-electron chi connectivity index (χ1n) is 2.04. The van der Waals surface area contributed by atoms with Gasteiger partial charge in [0.2, 0.25) is 0 Å². The van der Waals surface area contributed by atoms with E-state index in [-0.39, 0.29) is 19.5 Å². The molecule has 17 heteroatoms. The molecule has 0 aliphatic rings. The first-order valence-corrected chi connectivity index (χ1v) is 8.76. The van der Waals surface area contributed by atoms with Crippen LogP contribution in [0.2, 0.25) is 0 Å². The summed E-state index contributed by atoms with van der Waals surface area (Å²) in [6, 6.07) is 0. The molecule has 0 aromatic heterocycles. The van der Waals surface area contributed by atoms with Gasteiger partial charge in [-0.2, -0.15) is 0 Å². The molecule has 0 aliphatic carbocycles. The molecule has 1 radical (unpaired) electrons. The van der Waals surface area contributed by atoms with Crippen molar-refractivity contribution in [3.63, 3.8) is 0 Å². The maximum Gasteiger partial charge on any atom is 3.00 e. The predicted molar refractivity (Wildman–Crippen MR) is 48.6 cm³/mol. The van der Waals surface area contributed by atoms with Crippen LogP contribution in [0.4, 0.5) is 0 Å². The van der Waals surface area contributed by atoms with Crippen LogP contribution in [0.1, 0.15) is 0 Å². The number of hydrogen-bond donors (Lipinski definition) is 0. The normalized spacial score (nSPS) is 6.88. The third-order valence-electron chi connectivity index (χ3n) is 0. The number of halogens is 3. The van der Waals surface area contributed by atoms with Crippen molar-refractivity contribution in [1.82, 2.24) is 0 Å². The van der Waals surface area contributed by atoms with Gasteiger partial charge in [-0.15, -0.1) is 0 Å². The minimum Gasteiger partial charge on any atom is 3.00 e. The van der Waals surface area contributed by atoms with Gasteiger partial charge >= 0.3 is 61.5 Å². The van der Waals surface area contributed by atoms with Crippen molar-refractivity contribution in [1.29, 1.82) is 0 Å². The van der Waals surface area contributed by atoms with Crippen molar-refractivity contribution in [2.75, 3.05) is 0 Å². The summed E-state index contributed by atoms with van der Waals surface area (Å²) in [6.07, 6.45) is 0. The molecule has 0 aromatic carbocycles. The molecule has 17 heavy (non-hydrogen) atoms. The van der Waals surface area contributed by atoms with Crippen molar-refractivity contribution in [2.24, 2.45) is 0 Å². The van der Waals surface area contributed by atoms with Gasteiger partial charge in [-0.3, -0.25) is 0 Å². The van der Waals surface area contributed by atoms with E-state index in [4.69, 9.17) is 75.0 Å². The molecule has 0 aliphatic heterocycles. The summed E-state index contributed by atoms with van der Waals surface area (Å²) < 4.78 is 0. The average Bonchev–Trinajstić information content (AvgIpc) is 1.76. The molecule has 0 unspecified atom stereocenters. The molecule has 0 bridgehead atoms. The summed E-state index contributed by atoms with van der Waals surface area (Å²) in [5.41, 5.74) is 0. The maximum absolute atomic E-state index is 8.25. The first-order chi connectivity index (χ1) is 6.93. The van der Waals surface area contributed by atoms with Gasteiger partial charge in [-0.25, -0.2) is 0 Å². The zero-order chi connectivity index (χ0) is 14.3. The Bertz CT molecular complexity index is 157. The summed E-state index contributed by atoms with van der Waals surface area (Å²) in [7, 11) is 14.8. The summed E-state index contributed by atoms with van der Waals surface area (Å²) in [6.45, 7) is 0. The van der Waals surface area contributed by atoms with Crippen LogP contribution in [0, 0.1) is 46.0 Å². The Hall–Kier alpha value is -0.283. The Labute approximate surface area is 122 Å². The molecular formula is Cl3N3O9Ru2. The van der Waals surface area contributed by atoms with Gasteiger partial charge in [-0.05, 0) is 0 Å². The second-order valence-electron chi connectivity index (χ2n) is 0.822. The molecule has 0 fully saturated rings. The Morgan fingerprint density at radius 1 is 0.647 bits per heavy atom. The molecule has 12 nitrogen and oxygen atoms in total. The second-order valence-corrected chi connectivity index (χ2v) is 8.74. The van der Waals surface area contributed by atoms with Gasteiger partial charge in [0, 0.05) is 0 Å². The van der Waals surface area contributed by atoms with E-state index in [0.29, 0.717) is 0 Å². The molecule has 0 spiro atoms. The third kappa shape index (κ3) is 36900. The smallest absolute Gasteiger partial charge is 3.00 e. The van der Waals surface area contributed by atoms with Crippen molar-refractivity contribution in [3.8, 4) is 0 Å². The van der Waals surface area contributed by atoms with Gasteiger partial charge in [-0.1, -0.05) is 0 Å². The Balaban J connectivity index is -0.0000000369. The molecule has 0 saturated heterocycles. The van der Waals surface area contributed by atoms with Crippen molar-refractivity contribution in [3.05, 3.63) is 46.0 Å². The summed E-state index contributed by atoms with van der Waals surface area (Å²) in [4.78, 5) is 24.8.